The largest absolute Gasteiger partial charge is 0.486 e. The van der Waals surface area contributed by atoms with Gasteiger partial charge in [0, 0.05) is 0 Å². The maximum Gasteiger partial charge on any atom is 0.140 e. The second-order valence-corrected chi connectivity index (χ2v) is 5.43. The minimum Gasteiger partial charge on any atom is -0.486 e. The number of aryl methyl sites for hydroxylation is 2. The van der Waals surface area contributed by atoms with Gasteiger partial charge in [-0.15, -0.1) is 11.3 Å². The Balaban J connectivity index is 2.06. The highest BCUT2D eigenvalue weighted by Gasteiger charge is 2.10. The summed E-state index contributed by atoms with van der Waals surface area (Å²) in [7, 11) is 0. The zero-order valence-electron chi connectivity index (χ0n) is 11.1. The number of nitriles is 1. The molecule has 0 saturated heterocycles. The molecule has 2 aromatic rings. The SMILES string of the molecule is CCCc1nc(COc2cccc(C)c2)sc1C#N. The third-order valence-electron chi connectivity index (χ3n) is 2.68. The van der Waals surface area contributed by atoms with Crippen molar-refractivity contribution in [3.63, 3.8) is 0 Å². The molecule has 4 heteroatoms. The van der Waals surface area contributed by atoms with Gasteiger partial charge in [-0.2, -0.15) is 5.26 Å². The van der Waals surface area contributed by atoms with Gasteiger partial charge in [-0.3, -0.25) is 0 Å². The van der Waals surface area contributed by atoms with Crippen LogP contribution >= 0.6 is 11.3 Å². The summed E-state index contributed by atoms with van der Waals surface area (Å²) in [5, 5.41) is 9.92. The highest BCUT2D eigenvalue weighted by atomic mass is 32.1. The van der Waals surface area contributed by atoms with Crippen molar-refractivity contribution in [1.29, 1.82) is 5.26 Å². The molecule has 1 aromatic heterocycles. The first-order valence-corrected chi connectivity index (χ1v) is 7.12. The van der Waals surface area contributed by atoms with Gasteiger partial charge in [-0.05, 0) is 31.0 Å². The lowest BCUT2D eigenvalue weighted by molar-refractivity contribution is 0.305. The Hall–Kier alpha value is -1.86. The Morgan fingerprint density at radius 1 is 1.42 bits per heavy atom. The van der Waals surface area contributed by atoms with Crippen molar-refractivity contribution in [2.24, 2.45) is 0 Å². The Bertz CT molecular complexity index is 598. The maximum absolute atomic E-state index is 9.06. The molecule has 1 aromatic carbocycles. The summed E-state index contributed by atoms with van der Waals surface area (Å²) in [6.07, 6.45) is 1.85. The fourth-order valence-electron chi connectivity index (χ4n) is 1.81. The van der Waals surface area contributed by atoms with E-state index in [4.69, 9.17) is 10.00 Å². The third kappa shape index (κ3) is 3.55. The Labute approximate surface area is 117 Å². The summed E-state index contributed by atoms with van der Waals surface area (Å²) >= 11 is 1.43. The summed E-state index contributed by atoms with van der Waals surface area (Å²) < 4.78 is 5.70. The van der Waals surface area contributed by atoms with Gasteiger partial charge in [0.1, 0.15) is 28.3 Å². The molecule has 0 unspecified atom stereocenters. The third-order valence-corrected chi connectivity index (χ3v) is 3.66. The van der Waals surface area contributed by atoms with Gasteiger partial charge >= 0.3 is 0 Å². The molecule has 0 saturated carbocycles. The maximum atomic E-state index is 9.06. The van der Waals surface area contributed by atoms with Crippen LogP contribution in [0.25, 0.3) is 0 Å². The lowest BCUT2D eigenvalue weighted by Gasteiger charge is -2.04. The molecule has 3 nitrogen and oxygen atoms in total. The highest BCUT2D eigenvalue weighted by Crippen LogP contribution is 2.21. The van der Waals surface area contributed by atoms with Crippen molar-refractivity contribution in [1.82, 2.24) is 4.98 Å². The fourth-order valence-corrected chi connectivity index (χ4v) is 2.63. The van der Waals surface area contributed by atoms with Gasteiger partial charge in [0.2, 0.25) is 0 Å². The van der Waals surface area contributed by atoms with Gasteiger partial charge in [0.25, 0.3) is 0 Å². The van der Waals surface area contributed by atoms with Gasteiger partial charge in [-0.25, -0.2) is 4.98 Å². The second-order valence-electron chi connectivity index (χ2n) is 4.35. The first-order chi connectivity index (χ1) is 9.22. The minimum absolute atomic E-state index is 0.423. The van der Waals surface area contributed by atoms with Crippen molar-refractivity contribution in [2.45, 2.75) is 33.3 Å². The van der Waals surface area contributed by atoms with Crippen LogP contribution in [0.4, 0.5) is 0 Å². The molecule has 0 atom stereocenters. The molecule has 1 heterocycles. The van der Waals surface area contributed by atoms with E-state index < -0.39 is 0 Å². The number of hydrogen-bond donors (Lipinski definition) is 0. The molecule has 98 valence electrons. The topological polar surface area (TPSA) is 45.9 Å². The van der Waals surface area contributed by atoms with Crippen LogP contribution in [0.5, 0.6) is 5.75 Å². The number of benzene rings is 1. The van der Waals surface area contributed by atoms with E-state index in [0.29, 0.717) is 11.5 Å². The summed E-state index contributed by atoms with van der Waals surface area (Å²) in [4.78, 5) is 5.19. The molecule has 0 fully saturated rings. The number of nitrogens with zero attached hydrogens (tertiary/aromatic N) is 2. The van der Waals surface area contributed by atoms with Crippen LogP contribution in [0.15, 0.2) is 24.3 Å². The standard InChI is InChI=1S/C15H16N2OS/c1-3-5-13-14(9-16)19-15(17-13)10-18-12-7-4-6-11(2)8-12/h4,6-8H,3,5,10H2,1-2H3. The number of hydrogen-bond acceptors (Lipinski definition) is 4. The summed E-state index contributed by atoms with van der Waals surface area (Å²) in [6, 6.07) is 10.1. The zero-order chi connectivity index (χ0) is 13.7. The van der Waals surface area contributed by atoms with E-state index >= 15 is 0 Å². The van der Waals surface area contributed by atoms with Crippen molar-refractivity contribution >= 4 is 11.3 Å². The first kappa shape index (κ1) is 13.6. The van der Waals surface area contributed by atoms with Crippen LogP contribution in [0.1, 0.15) is 34.5 Å². The smallest absolute Gasteiger partial charge is 0.140 e. The first-order valence-electron chi connectivity index (χ1n) is 6.31. The van der Waals surface area contributed by atoms with E-state index in [1.54, 1.807) is 0 Å². The molecular formula is C15H16N2OS. The molecular weight excluding hydrogens is 256 g/mol. The zero-order valence-corrected chi connectivity index (χ0v) is 12.0. The average molecular weight is 272 g/mol. The number of rotatable bonds is 5. The van der Waals surface area contributed by atoms with E-state index in [9.17, 15) is 0 Å². The predicted molar refractivity (Wildman–Crippen MR) is 76.3 cm³/mol. The van der Waals surface area contributed by atoms with Gasteiger partial charge in [0.05, 0.1) is 5.69 Å². The van der Waals surface area contributed by atoms with Crippen LogP contribution in [-0.4, -0.2) is 4.98 Å². The van der Waals surface area contributed by atoms with Crippen molar-refractivity contribution in [3.8, 4) is 11.8 Å². The molecule has 19 heavy (non-hydrogen) atoms. The van der Waals surface area contributed by atoms with Gasteiger partial charge in [0.15, 0.2) is 0 Å². The van der Waals surface area contributed by atoms with Crippen molar-refractivity contribution in [2.75, 3.05) is 0 Å². The normalized spacial score (nSPS) is 10.2. The molecule has 0 aliphatic carbocycles. The molecule has 0 N–H and O–H groups in total. The number of aromatic nitrogens is 1. The minimum atomic E-state index is 0.423. The Morgan fingerprint density at radius 3 is 2.95 bits per heavy atom. The average Bonchev–Trinajstić information content (AvgIpc) is 2.79. The lowest BCUT2D eigenvalue weighted by atomic mass is 10.2. The molecule has 2 rings (SSSR count). The monoisotopic (exact) mass is 272 g/mol. The van der Waals surface area contributed by atoms with Crippen LogP contribution in [0, 0.1) is 18.3 Å². The van der Waals surface area contributed by atoms with E-state index in [0.717, 1.165) is 29.3 Å². The number of ether oxygens (including phenoxy) is 1. The lowest BCUT2D eigenvalue weighted by Crippen LogP contribution is -1.95. The van der Waals surface area contributed by atoms with Crippen LogP contribution in [0.3, 0.4) is 0 Å². The predicted octanol–water partition coefficient (Wildman–Crippen LogP) is 3.85. The summed E-state index contributed by atoms with van der Waals surface area (Å²) in [5.74, 6) is 0.839. The van der Waals surface area contributed by atoms with Crippen molar-refractivity contribution in [3.05, 3.63) is 45.4 Å². The highest BCUT2D eigenvalue weighted by molar-refractivity contribution is 7.12. The van der Waals surface area contributed by atoms with Gasteiger partial charge < -0.3 is 4.74 Å². The van der Waals surface area contributed by atoms with Crippen LogP contribution < -0.4 is 4.74 Å². The van der Waals surface area contributed by atoms with E-state index in [2.05, 4.69) is 18.0 Å². The Kier molecular flexibility index (Phi) is 4.53. The molecule has 0 bridgehead atoms. The fraction of sp³-hybridized carbons (Fsp3) is 0.333. The Morgan fingerprint density at radius 2 is 2.26 bits per heavy atom. The molecule has 0 spiro atoms. The van der Waals surface area contributed by atoms with Crippen molar-refractivity contribution < 1.29 is 4.74 Å². The second kappa shape index (κ2) is 6.35. The molecule has 0 amide bonds. The van der Waals surface area contributed by atoms with Crippen LogP contribution in [0.2, 0.25) is 0 Å². The van der Waals surface area contributed by atoms with Crippen LogP contribution in [-0.2, 0) is 13.0 Å². The molecule has 0 aliphatic heterocycles. The quantitative estimate of drug-likeness (QED) is 0.830. The number of thiazole rings is 1. The van der Waals surface area contributed by atoms with E-state index in [1.165, 1.54) is 16.9 Å². The van der Waals surface area contributed by atoms with Gasteiger partial charge in [-0.1, -0.05) is 25.5 Å². The summed E-state index contributed by atoms with van der Waals surface area (Å²) in [6.45, 7) is 4.54. The molecule has 0 aliphatic rings. The summed E-state index contributed by atoms with van der Waals surface area (Å²) in [5.41, 5.74) is 2.07. The van der Waals surface area contributed by atoms with E-state index in [1.807, 2.05) is 31.2 Å². The molecule has 0 radical (unpaired) electrons. The van der Waals surface area contributed by atoms with E-state index in [-0.39, 0.29) is 0 Å².